The maximum atomic E-state index is 6.31. The van der Waals surface area contributed by atoms with E-state index in [4.69, 9.17) is 17.3 Å². The molecule has 88 valence electrons. The Kier molecular flexibility index (Phi) is 4.02. The SMILES string of the molecule is NCc1ccnc(N2CCCCCC2)c1Cl. The van der Waals surface area contributed by atoms with Crippen LogP contribution in [0.15, 0.2) is 12.3 Å². The van der Waals surface area contributed by atoms with Crippen molar-refractivity contribution in [2.45, 2.75) is 32.2 Å². The van der Waals surface area contributed by atoms with E-state index >= 15 is 0 Å². The van der Waals surface area contributed by atoms with Gasteiger partial charge in [0.05, 0.1) is 5.02 Å². The Morgan fingerprint density at radius 1 is 1.25 bits per heavy atom. The van der Waals surface area contributed by atoms with Gasteiger partial charge in [-0.15, -0.1) is 0 Å². The molecule has 2 N–H and O–H groups in total. The quantitative estimate of drug-likeness (QED) is 0.863. The van der Waals surface area contributed by atoms with Crippen LogP contribution < -0.4 is 10.6 Å². The zero-order valence-electron chi connectivity index (χ0n) is 9.45. The maximum Gasteiger partial charge on any atom is 0.147 e. The molecule has 0 unspecified atom stereocenters. The minimum Gasteiger partial charge on any atom is -0.355 e. The summed E-state index contributed by atoms with van der Waals surface area (Å²) in [7, 11) is 0. The molecule has 0 radical (unpaired) electrons. The molecular formula is C12H18ClN3. The predicted molar refractivity (Wildman–Crippen MR) is 67.8 cm³/mol. The fraction of sp³-hybridized carbons (Fsp3) is 0.583. The van der Waals surface area contributed by atoms with Gasteiger partial charge in [0.1, 0.15) is 5.82 Å². The van der Waals surface area contributed by atoms with E-state index in [9.17, 15) is 0 Å². The Labute approximate surface area is 102 Å². The number of hydrogen-bond acceptors (Lipinski definition) is 3. The van der Waals surface area contributed by atoms with E-state index < -0.39 is 0 Å². The van der Waals surface area contributed by atoms with E-state index in [2.05, 4.69) is 9.88 Å². The highest BCUT2D eigenvalue weighted by molar-refractivity contribution is 6.33. The van der Waals surface area contributed by atoms with Gasteiger partial charge in [0, 0.05) is 25.8 Å². The van der Waals surface area contributed by atoms with Crippen molar-refractivity contribution in [3.8, 4) is 0 Å². The van der Waals surface area contributed by atoms with Gasteiger partial charge in [-0.2, -0.15) is 0 Å². The van der Waals surface area contributed by atoms with E-state index in [-0.39, 0.29) is 0 Å². The molecule has 0 bridgehead atoms. The molecule has 1 aromatic heterocycles. The molecule has 0 spiro atoms. The molecule has 1 aromatic rings. The highest BCUT2D eigenvalue weighted by Crippen LogP contribution is 2.28. The van der Waals surface area contributed by atoms with Gasteiger partial charge in [0.2, 0.25) is 0 Å². The first-order valence-electron chi connectivity index (χ1n) is 5.91. The van der Waals surface area contributed by atoms with Crippen LogP contribution in [-0.2, 0) is 6.54 Å². The van der Waals surface area contributed by atoms with Crippen molar-refractivity contribution in [1.29, 1.82) is 0 Å². The average molecular weight is 240 g/mol. The number of aromatic nitrogens is 1. The molecule has 1 fully saturated rings. The molecular weight excluding hydrogens is 222 g/mol. The smallest absolute Gasteiger partial charge is 0.147 e. The molecule has 16 heavy (non-hydrogen) atoms. The zero-order valence-corrected chi connectivity index (χ0v) is 10.2. The van der Waals surface area contributed by atoms with Gasteiger partial charge in [0.15, 0.2) is 0 Å². The molecule has 0 amide bonds. The highest BCUT2D eigenvalue weighted by Gasteiger charge is 2.15. The van der Waals surface area contributed by atoms with Crippen LogP contribution in [0, 0.1) is 0 Å². The fourth-order valence-corrected chi connectivity index (χ4v) is 2.44. The van der Waals surface area contributed by atoms with Crippen LogP contribution in [-0.4, -0.2) is 18.1 Å². The van der Waals surface area contributed by atoms with Crippen LogP contribution in [0.1, 0.15) is 31.2 Å². The van der Waals surface area contributed by atoms with Gasteiger partial charge >= 0.3 is 0 Å². The van der Waals surface area contributed by atoms with E-state index in [0.717, 1.165) is 29.5 Å². The molecule has 4 heteroatoms. The van der Waals surface area contributed by atoms with Crippen LogP contribution in [0.2, 0.25) is 5.02 Å². The first-order chi connectivity index (χ1) is 7.83. The van der Waals surface area contributed by atoms with Crippen molar-refractivity contribution < 1.29 is 0 Å². The normalized spacial score (nSPS) is 17.2. The lowest BCUT2D eigenvalue weighted by atomic mass is 10.2. The van der Waals surface area contributed by atoms with Gasteiger partial charge in [0.25, 0.3) is 0 Å². The van der Waals surface area contributed by atoms with Crippen LogP contribution >= 0.6 is 11.6 Å². The number of hydrogen-bond donors (Lipinski definition) is 1. The molecule has 3 nitrogen and oxygen atoms in total. The minimum absolute atomic E-state index is 0.474. The number of anilines is 1. The summed E-state index contributed by atoms with van der Waals surface area (Å²) in [4.78, 5) is 6.68. The van der Waals surface area contributed by atoms with E-state index in [1.54, 1.807) is 6.20 Å². The first kappa shape index (κ1) is 11.7. The van der Waals surface area contributed by atoms with Crippen molar-refractivity contribution >= 4 is 17.4 Å². The molecule has 2 heterocycles. The Bertz CT molecular complexity index is 346. The van der Waals surface area contributed by atoms with Crippen LogP contribution in [0.4, 0.5) is 5.82 Å². The van der Waals surface area contributed by atoms with Gasteiger partial charge in [-0.3, -0.25) is 0 Å². The predicted octanol–water partition coefficient (Wildman–Crippen LogP) is 2.57. The standard InChI is InChI=1S/C12H18ClN3/c13-11-10(9-14)5-6-15-12(11)16-7-3-1-2-4-8-16/h5-6H,1-4,7-9,14H2. The fourth-order valence-electron chi connectivity index (χ4n) is 2.13. The van der Waals surface area contributed by atoms with E-state index in [1.165, 1.54) is 25.7 Å². The molecule has 0 saturated carbocycles. The summed E-state index contributed by atoms with van der Waals surface area (Å²) in [6.45, 7) is 2.59. The molecule has 0 atom stereocenters. The second-order valence-electron chi connectivity index (χ2n) is 4.21. The number of pyridine rings is 1. The molecule has 0 aliphatic carbocycles. The Balaban J connectivity index is 2.24. The third-order valence-electron chi connectivity index (χ3n) is 3.08. The molecule has 1 saturated heterocycles. The summed E-state index contributed by atoms with van der Waals surface area (Å²) >= 11 is 6.31. The molecule has 1 aliphatic heterocycles. The van der Waals surface area contributed by atoms with Crippen molar-refractivity contribution in [1.82, 2.24) is 4.98 Å². The Morgan fingerprint density at radius 3 is 2.56 bits per heavy atom. The maximum absolute atomic E-state index is 6.31. The second-order valence-corrected chi connectivity index (χ2v) is 4.59. The molecule has 0 aromatic carbocycles. The number of nitrogens with zero attached hydrogens (tertiary/aromatic N) is 2. The van der Waals surface area contributed by atoms with Crippen molar-refractivity contribution in [3.63, 3.8) is 0 Å². The number of rotatable bonds is 2. The summed E-state index contributed by atoms with van der Waals surface area (Å²) < 4.78 is 0. The lowest BCUT2D eigenvalue weighted by Gasteiger charge is -2.23. The first-order valence-corrected chi connectivity index (χ1v) is 6.29. The van der Waals surface area contributed by atoms with Crippen molar-refractivity contribution in [2.75, 3.05) is 18.0 Å². The second kappa shape index (κ2) is 5.51. The highest BCUT2D eigenvalue weighted by atomic mass is 35.5. The van der Waals surface area contributed by atoms with Crippen molar-refractivity contribution in [3.05, 3.63) is 22.8 Å². The van der Waals surface area contributed by atoms with Crippen molar-refractivity contribution in [2.24, 2.45) is 5.73 Å². The monoisotopic (exact) mass is 239 g/mol. The largest absolute Gasteiger partial charge is 0.355 e. The summed E-state index contributed by atoms with van der Waals surface area (Å²) in [5.74, 6) is 0.909. The van der Waals surface area contributed by atoms with Gasteiger partial charge in [-0.25, -0.2) is 4.98 Å². The summed E-state index contributed by atoms with van der Waals surface area (Å²) in [6, 6.07) is 1.89. The molecule has 1 aliphatic rings. The van der Waals surface area contributed by atoms with E-state index in [0.29, 0.717) is 6.54 Å². The number of halogens is 1. The zero-order chi connectivity index (χ0) is 11.4. The lowest BCUT2D eigenvalue weighted by Crippen LogP contribution is -2.25. The Hall–Kier alpha value is -0.800. The van der Waals surface area contributed by atoms with Crippen LogP contribution in [0.3, 0.4) is 0 Å². The van der Waals surface area contributed by atoms with Gasteiger partial charge in [-0.05, 0) is 24.5 Å². The van der Waals surface area contributed by atoms with Gasteiger partial charge < -0.3 is 10.6 Å². The van der Waals surface area contributed by atoms with Gasteiger partial charge in [-0.1, -0.05) is 24.4 Å². The lowest BCUT2D eigenvalue weighted by molar-refractivity contribution is 0.726. The summed E-state index contributed by atoms with van der Waals surface area (Å²) in [5.41, 5.74) is 6.63. The Morgan fingerprint density at radius 2 is 1.94 bits per heavy atom. The molecule has 2 rings (SSSR count). The summed E-state index contributed by atoms with van der Waals surface area (Å²) in [6.07, 6.45) is 6.87. The average Bonchev–Trinajstić information content (AvgIpc) is 2.58. The van der Waals surface area contributed by atoms with Crippen LogP contribution in [0.5, 0.6) is 0 Å². The minimum atomic E-state index is 0.474. The summed E-state index contributed by atoms with van der Waals surface area (Å²) in [5, 5.41) is 0.729. The topological polar surface area (TPSA) is 42.1 Å². The van der Waals surface area contributed by atoms with Crippen LogP contribution in [0.25, 0.3) is 0 Å². The van der Waals surface area contributed by atoms with E-state index in [1.807, 2.05) is 6.07 Å². The number of nitrogens with two attached hydrogens (primary N) is 1. The third-order valence-corrected chi connectivity index (χ3v) is 3.49. The third kappa shape index (κ3) is 2.47.